The third-order valence-corrected chi connectivity index (χ3v) is 13.1. The summed E-state index contributed by atoms with van der Waals surface area (Å²) in [5.74, 6) is -55.2. The van der Waals surface area contributed by atoms with E-state index in [1.54, 1.807) is 0 Å². The number of hydrogen-bond donors (Lipinski definition) is 0. The molecular formula is C13F27O6S3-. The van der Waals surface area contributed by atoms with Crippen LogP contribution in [-0.2, 0) is 29.5 Å². The first-order valence-corrected chi connectivity index (χ1v) is 14.0. The van der Waals surface area contributed by atoms with Crippen molar-refractivity contribution >= 4 is 29.5 Å². The Kier molecular flexibility index (Phi) is 10.8. The Morgan fingerprint density at radius 2 is 0.367 bits per heavy atom. The fourth-order valence-corrected chi connectivity index (χ4v) is 9.71. The Bertz CT molecular complexity index is 1400. The number of rotatable bonds is 12. The summed E-state index contributed by atoms with van der Waals surface area (Å²) in [5, 5.41) is -28.9. The Morgan fingerprint density at radius 1 is 0.245 bits per heavy atom. The zero-order chi connectivity index (χ0) is 41.1. The zero-order valence-electron chi connectivity index (χ0n) is 20.4. The first-order valence-electron chi connectivity index (χ1n) is 9.58. The third kappa shape index (κ3) is 5.78. The molecular weight excluding hydrogens is 861 g/mol. The van der Waals surface area contributed by atoms with Gasteiger partial charge in [-0.3, -0.25) is 25.3 Å². The summed E-state index contributed by atoms with van der Waals surface area (Å²) in [5.41, 5.74) is 0. The summed E-state index contributed by atoms with van der Waals surface area (Å²) < 4.78 is 420. The van der Waals surface area contributed by atoms with Gasteiger partial charge in [-0.05, 0) is 0 Å². The standard InChI is InChI=1S/C13F27O6S3/c14-2(15,8(26,27)28)5(20,21)11(35,36)47(41,42)1(48(43,44)12(37,38)6(22,23)3(16,17)9(29,30)31)49(45,46)13(39,40)7(24,25)4(18,19)10(32,33)34/q-1. The van der Waals surface area contributed by atoms with Crippen LogP contribution in [0.2, 0.25) is 0 Å². The molecule has 0 N–H and O–H groups in total. The van der Waals surface area contributed by atoms with Gasteiger partial charge >= 0.3 is 69.8 Å². The highest BCUT2D eigenvalue weighted by Crippen LogP contribution is 2.64. The highest BCUT2D eigenvalue weighted by Gasteiger charge is 2.90. The van der Waals surface area contributed by atoms with Crippen LogP contribution in [0.5, 0.6) is 0 Å². The first kappa shape index (κ1) is 47.0. The van der Waals surface area contributed by atoms with Crippen LogP contribution >= 0.6 is 0 Å². The molecule has 0 saturated carbocycles. The fourth-order valence-electron chi connectivity index (χ4n) is 2.34. The minimum absolute atomic E-state index is 7.14. The van der Waals surface area contributed by atoms with Crippen LogP contribution in [0.15, 0.2) is 0 Å². The second-order valence-electron chi connectivity index (χ2n) is 8.25. The Labute approximate surface area is 247 Å². The van der Waals surface area contributed by atoms with Gasteiger partial charge in [-0.15, -0.1) is 0 Å². The van der Waals surface area contributed by atoms with E-state index in [1.165, 1.54) is 0 Å². The number of sulfone groups is 3. The number of alkyl halides is 27. The molecule has 0 aliphatic carbocycles. The van der Waals surface area contributed by atoms with Gasteiger partial charge < -0.3 is 0 Å². The second kappa shape index (κ2) is 11.2. The van der Waals surface area contributed by atoms with Crippen molar-refractivity contribution in [1.29, 1.82) is 0 Å². The molecule has 0 unspecified atom stereocenters. The average Bonchev–Trinajstić information content (AvgIpc) is 2.80. The highest BCUT2D eigenvalue weighted by atomic mass is 32.3. The van der Waals surface area contributed by atoms with Crippen molar-refractivity contribution in [3.05, 3.63) is 3.91 Å². The first-order chi connectivity index (χ1) is 20.4. The molecule has 0 aliphatic heterocycles. The van der Waals surface area contributed by atoms with Gasteiger partial charge in [0.05, 0.1) is 3.91 Å². The molecule has 0 aromatic rings. The van der Waals surface area contributed by atoms with Gasteiger partial charge in [0.1, 0.15) is 29.5 Å². The summed E-state index contributed by atoms with van der Waals surface area (Å²) in [6.07, 6.45) is -25.4. The largest absolute Gasteiger partial charge is 0.460 e. The van der Waals surface area contributed by atoms with E-state index in [4.69, 9.17) is 0 Å². The lowest BCUT2D eigenvalue weighted by Crippen LogP contribution is -2.69. The van der Waals surface area contributed by atoms with E-state index in [0.29, 0.717) is 0 Å². The van der Waals surface area contributed by atoms with E-state index in [0.717, 1.165) is 0 Å². The lowest BCUT2D eigenvalue weighted by Gasteiger charge is -2.44. The van der Waals surface area contributed by atoms with E-state index < -0.39 is 103 Å². The molecule has 0 amide bonds. The smallest absolute Gasteiger partial charge is 0.254 e. The van der Waals surface area contributed by atoms with Crippen molar-refractivity contribution in [1.82, 2.24) is 0 Å². The molecule has 0 radical (unpaired) electrons. The molecule has 6 nitrogen and oxygen atoms in total. The minimum atomic E-state index is -10.9. The maximum Gasteiger partial charge on any atom is 0.460 e. The van der Waals surface area contributed by atoms with Crippen LogP contribution in [0.4, 0.5) is 119 Å². The molecule has 0 bridgehead atoms. The van der Waals surface area contributed by atoms with Gasteiger partial charge in [0.2, 0.25) is 0 Å². The zero-order valence-corrected chi connectivity index (χ0v) is 22.8. The Balaban J connectivity index is 8.90. The SMILES string of the molecule is O=S(=O)([C-](S(=O)(=O)C(F)(F)C(F)(F)C(F)(F)C(F)(F)F)S(=O)(=O)C(F)(F)C(F)(F)C(F)(F)C(F)(F)F)C(F)(F)C(F)(F)C(F)(F)C(F)(F)F. The number of hydrogen-bond acceptors (Lipinski definition) is 6. The molecule has 36 heteroatoms. The van der Waals surface area contributed by atoms with Crippen LogP contribution in [0, 0.1) is 3.91 Å². The minimum Gasteiger partial charge on any atom is -0.254 e. The van der Waals surface area contributed by atoms with Crippen LogP contribution in [0.3, 0.4) is 0 Å². The normalized spacial score (nSPS) is 17.1. The van der Waals surface area contributed by atoms with Crippen molar-refractivity contribution in [2.75, 3.05) is 0 Å². The molecule has 0 aliphatic rings. The molecule has 0 aromatic heterocycles. The van der Waals surface area contributed by atoms with Gasteiger partial charge in [0.25, 0.3) is 0 Å². The Hall–Kier alpha value is -2.04. The lowest BCUT2D eigenvalue weighted by molar-refractivity contribution is -0.382. The molecule has 0 spiro atoms. The Morgan fingerprint density at radius 3 is 0.469 bits per heavy atom. The van der Waals surface area contributed by atoms with E-state index in [9.17, 15) is 144 Å². The molecule has 49 heavy (non-hydrogen) atoms. The topological polar surface area (TPSA) is 102 Å². The van der Waals surface area contributed by atoms with Crippen LogP contribution in [0.25, 0.3) is 0 Å². The molecule has 0 heterocycles. The van der Waals surface area contributed by atoms with E-state index in [1.807, 2.05) is 0 Å². The summed E-state index contributed by atoms with van der Waals surface area (Å²) in [6.45, 7) is 0. The quantitative estimate of drug-likeness (QED) is 0.156. The molecule has 0 fully saturated rings. The van der Waals surface area contributed by atoms with Crippen molar-refractivity contribution in [2.24, 2.45) is 0 Å². The highest BCUT2D eigenvalue weighted by molar-refractivity contribution is 8.29. The van der Waals surface area contributed by atoms with E-state index >= 15 is 0 Å². The average molecular weight is 861 g/mol. The molecule has 0 rings (SSSR count). The molecule has 0 aromatic carbocycles. The van der Waals surface area contributed by atoms with E-state index in [2.05, 4.69) is 0 Å². The molecule has 0 atom stereocenters. The fraction of sp³-hybridized carbons (Fsp3) is 0.923. The second-order valence-corrected chi connectivity index (χ2v) is 14.8. The van der Waals surface area contributed by atoms with Crippen LogP contribution < -0.4 is 0 Å². The molecule has 0 saturated heterocycles. The van der Waals surface area contributed by atoms with Gasteiger partial charge in [-0.2, -0.15) is 119 Å². The van der Waals surface area contributed by atoms with Crippen LogP contribution in [-0.4, -0.2) is 95.1 Å². The van der Waals surface area contributed by atoms with Gasteiger partial charge in [0, 0.05) is 0 Å². The van der Waals surface area contributed by atoms with Gasteiger partial charge in [-0.1, -0.05) is 0 Å². The number of halogens is 27. The van der Waals surface area contributed by atoms with Gasteiger partial charge in [0.15, 0.2) is 0 Å². The summed E-state index contributed by atoms with van der Waals surface area (Å²) in [4.78, 5) is 0. The van der Waals surface area contributed by atoms with E-state index in [-0.39, 0.29) is 0 Å². The lowest BCUT2D eigenvalue weighted by atomic mass is 10.1. The van der Waals surface area contributed by atoms with Crippen molar-refractivity contribution in [2.45, 2.75) is 69.8 Å². The predicted octanol–water partition coefficient (Wildman–Crippen LogP) is 6.95. The predicted molar refractivity (Wildman–Crippen MR) is 92.7 cm³/mol. The van der Waals surface area contributed by atoms with Crippen LogP contribution in [0.1, 0.15) is 0 Å². The van der Waals surface area contributed by atoms with Crippen molar-refractivity contribution < 1.29 is 144 Å². The van der Waals surface area contributed by atoms with Crippen molar-refractivity contribution in [3.63, 3.8) is 0 Å². The van der Waals surface area contributed by atoms with Crippen molar-refractivity contribution in [3.8, 4) is 0 Å². The molecule has 296 valence electrons. The van der Waals surface area contributed by atoms with Gasteiger partial charge in [-0.25, -0.2) is 0 Å². The maximum atomic E-state index is 14.1. The monoisotopic (exact) mass is 861 g/mol. The summed E-state index contributed by atoms with van der Waals surface area (Å²) in [7, 11) is -32.6. The third-order valence-electron chi connectivity index (χ3n) is 5.02. The summed E-state index contributed by atoms with van der Waals surface area (Å²) >= 11 is 0. The maximum absolute atomic E-state index is 14.1. The summed E-state index contributed by atoms with van der Waals surface area (Å²) in [6, 6.07) is 0.